The summed E-state index contributed by atoms with van der Waals surface area (Å²) in [5.74, 6) is 0.945. The highest BCUT2D eigenvalue weighted by molar-refractivity contribution is 9.10. The lowest BCUT2D eigenvalue weighted by atomic mass is 10.1. The molecule has 1 aliphatic rings. The molecule has 0 bridgehead atoms. The van der Waals surface area contributed by atoms with Crippen LogP contribution in [0.15, 0.2) is 22.7 Å². The molecular formula is C12H14BrClN2O. The van der Waals surface area contributed by atoms with E-state index in [9.17, 15) is 4.79 Å². The average Bonchev–Trinajstić information content (AvgIpc) is 2.70. The lowest BCUT2D eigenvalue weighted by Gasteiger charge is -2.20. The highest BCUT2D eigenvalue weighted by Gasteiger charge is 2.31. The summed E-state index contributed by atoms with van der Waals surface area (Å²) in [5.41, 5.74) is 1.87. The number of nitrogens with one attached hydrogen (secondary N) is 1. The number of carbonyl (C=O) groups is 1. The number of hydrogen-bond donors (Lipinski definition) is 1. The average molecular weight is 318 g/mol. The minimum Gasteiger partial charge on any atom is -0.386 e. The second kappa shape index (κ2) is 5.27. The van der Waals surface area contributed by atoms with Crippen LogP contribution in [-0.2, 0) is 4.79 Å². The smallest absolute Gasteiger partial charge is 0.227 e. The molecule has 0 radical (unpaired) electrons. The second-order valence-corrected chi connectivity index (χ2v) is 5.36. The quantitative estimate of drug-likeness (QED) is 0.869. The van der Waals surface area contributed by atoms with Gasteiger partial charge in [-0.1, -0.05) is 15.9 Å². The molecule has 1 unspecified atom stereocenters. The lowest BCUT2D eigenvalue weighted by molar-refractivity contribution is -0.117. The molecule has 2 rings (SSSR count). The number of carbonyl (C=O) groups excluding carboxylic acids is 1. The van der Waals surface area contributed by atoms with Gasteiger partial charge in [0.05, 0.1) is 11.4 Å². The van der Waals surface area contributed by atoms with Crippen molar-refractivity contribution in [2.75, 3.05) is 29.7 Å². The van der Waals surface area contributed by atoms with Crippen molar-refractivity contribution in [1.29, 1.82) is 0 Å². The number of alkyl halides is 1. The van der Waals surface area contributed by atoms with Crippen molar-refractivity contribution in [2.45, 2.75) is 6.42 Å². The van der Waals surface area contributed by atoms with E-state index in [4.69, 9.17) is 11.6 Å². The van der Waals surface area contributed by atoms with Crippen molar-refractivity contribution >= 4 is 44.8 Å². The first-order chi connectivity index (χ1) is 8.15. The maximum atomic E-state index is 11.9. The Bertz CT molecular complexity index is 439. The molecule has 92 valence electrons. The van der Waals surface area contributed by atoms with Crippen molar-refractivity contribution in [3.05, 3.63) is 22.7 Å². The van der Waals surface area contributed by atoms with E-state index in [0.29, 0.717) is 18.8 Å². The molecule has 3 nitrogen and oxygen atoms in total. The Morgan fingerprint density at radius 1 is 1.59 bits per heavy atom. The van der Waals surface area contributed by atoms with E-state index in [1.54, 1.807) is 0 Å². The van der Waals surface area contributed by atoms with Crippen molar-refractivity contribution < 1.29 is 4.79 Å². The Morgan fingerprint density at radius 2 is 2.35 bits per heavy atom. The van der Waals surface area contributed by atoms with Crippen LogP contribution >= 0.6 is 27.5 Å². The summed E-state index contributed by atoms with van der Waals surface area (Å²) in [4.78, 5) is 13.7. The summed E-state index contributed by atoms with van der Waals surface area (Å²) >= 11 is 9.24. The number of halogens is 2. The van der Waals surface area contributed by atoms with Gasteiger partial charge in [0.15, 0.2) is 0 Å². The van der Waals surface area contributed by atoms with Crippen LogP contribution in [0.1, 0.15) is 6.42 Å². The fraction of sp³-hybridized carbons (Fsp3) is 0.417. The zero-order valence-electron chi connectivity index (χ0n) is 9.54. The van der Waals surface area contributed by atoms with Crippen LogP contribution in [-0.4, -0.2) is 25.4 Å². The monoisotopic (exact) mass is 316 g/mol. The van der Waals surface area contributed by atoms with Crippen LogP contribution in [0.25, 0.3) is 0 Å². The highest BCUT2D eigenvalue weighted by Crippen LogP contribution is 2.33. The fourth-order valence-electron chi connectivity index (χ4n) is 2.06. The van der Waals surface area contributed by atoms with E-state index in [0.717, 1.165) is 15.8 Å². The van der Waals surface area contributed by atoms with Crippen LogP contribution in [0.4, 0.5) is 11.4 Å². The molecule has 1 heterocycles. The maximum absolute atomic E-state index is 11.9. The maximum Gasteiger partial charge on any atom is 0.227 e. The largest absolute Gasteiger partial charge is 0.386 e. The van der Waals surface area contributed by atoms with Crippen LogP contribution in [0, 0.1) is 5.92 Å². The molecule has 1 aromatic rings. The third-order valence-electron chi connectivity index (χ3n) is 2.94. The van der Waals surface area contributed by atoms with E-state index in [-0.39, 0.29) is 11.8 Å². The minimum absolute atomic E-state index is 0.148. The third kappa shape index (κ3) is 2.58. The van der Waals surface area contributed by atoms with Gasteiger partial charge in [0, 0.05) is 30.4 Å². The molecule has 1 amide bonds. The van der Waals surface area contributed by atoms with Gasteiger partial charge in [-0.3, -0.25) is 4.79 Å². The van der Waals surface area contributed by atoms with Crippen LogP contribution < -0.4 is 10.2 Å². The van der Waals surface area contributed by atoms with Gasteiger partial charge < -0.3 is 10.2 Å². The predicted molar refractivity (Wildman–Crippen MR) is 74.9 cm³/mol. The van der Waals surface area contributed by atoms with E-state index in [1.165, 1.54) is 0 Å². The van der Waals surface area contributed by atoms with Crippen molar-refractivity contribution in [1.82, 2.24) is 0 Å². The molecule has 1 aliphatic heterocycles. The Balaban J connectivity index is 2.31. The zero-order valence-corrected chi connectivity index (χ0v) is 11.9. The number of nitrogens with zero attached hydrogens (tertiary/aromatic N) is 1. The van der Waals surface area contributed by atoms with Crippen LogP contribution in [0.2, 0.25) is 0 Å². The molecule has 1 aromatic carbocycles. The molecule has 1 N–H and O–H groups in total. The molecule has 1 fully saturated rings. The van der Waals surface area contributed by atoms with E-state index >= 15 is 0 Å². The Hall–Kier alpha value is -0.740. The van der Waals surface area contributed by atoms with Gasteiger partial charge in [-0.25, -0.2) is 0 Å². The molecule has 5 heteroatoms. The number of benzene rings is 1. The van der Waals surface area contributed by atoms with Crippen LogP contribution in [0.5, 0.6) is 0 Å². The number of anilines is 2. The van der Waals surface area contributed by atoms with Crippen molar-refractivity contribution in [3.63, 3.8) is 0 Å². The Kier molecular flexibility index (Phi) is 3.94. The second-order valence-electron chi connectivity index (χ2n) is 4.14. The summed E-state index contributed by atoms with van der Waals surface area (Å²) in [6.45, 7) is 0.707. The normalized spacial score (nSPS) is 19.8. The molecule has 0 aliphatic carbocycles. The van der Waals surface area contributed by atoms with Gasteiger partial charge in [0.1, 0.15) is 0 Å². The summed E-state index contributed by atoms with van der Waals surface area (Å²) in [6, 6.07) is 5.86. The van der Waals surface area contributed by atoms with E-state index in [2.05, 4.69) is 21.2 Å². The van der Waals surface area contributed by atoms with Crippen LogP contribution in [0.3, 0.4) is 0 Å². The summed E-state index contributed by atoms with van der Waals surface area (Å²) in [7, 11) is 1.85. The lowest BCUT2D eigenvalue weighted by Crippen LogP contribution is -2.25. The SMILES string of the molecule is CNc1cc(Br)ccc1N1CC(CCl)CC1=O. The van der Waals surface area contributed by atoms with Gasteiger partial charge in [-0.15, -0.1) is 11.6 Å². The predicted octanol–water partition coefficient (Wildman–Crippen LogP) is 3.08. The van der Waals surface area contributed by atoms with Gasteiger partial charge in [0.25, 0.3) is 0 Å². The molecule has 0 saturated carbocycles. The molecule has 17 heavy (non-hydrogen) atoms. The zero-order chi connectivity index (χ0) is 12.4. The van der Waals surface area contributed by atoms with E-state index < -0.39 is 0 Å². The molecule has 0 aromatic heterocycles. The fourth-order valence-corrected chi connectivity index (χ4v) is 2.63. The van der Waals surface area contributed by atoms with Gasteiger partial charge in [-0.2, -0.15) is 0 Å². The molecule has 1 atom stereocenters. The summed E-state index contributed by atoms with van der Waals surface area (Å²) in [5, 5.41) is 3.11. The molecule has 0 spiro atoms. The minimum atomic E-state index is 0.148. The third-order valence-corrected chi connectivity index (χ3v) is 3.87. The first kappa shape index (κ1) is 12.7. The van der Waals surface area contributed by atoms with Crippen molar-refractivity contribution in [3.8, 4) is 0 Å². The van der Waals surface area contributed by atoms with Gasteiger partial charge >= 0.3 is 0 Å². The summed E-state index contributed by atoms with van der Waals surface area (Å²) in [6.07, 6.45) is 0.544. The summed E-state index contributed by atoms with van der Waals surface area (Å²) < 4.78 is 0.992. The number of hydrogen-bond acceptors (Lipinski definition) is 2. The number of amides is 1. The first-order valence-electron chi connectivity index (χ1n) is 5.49. The van der Waals surface area contributed by atoms with Gasteiger partial charge in [-0.05, 0) is 24.1 Å². The topological polar surface area (TPSA) is 32.3 Å². The Labute approximate surface area is 114 Å². The number of rotatable bonds is 3. The molecule has 1 saturated heterocycles. The van der Waals surface area contributed by atoms with Crippen molar-refractivity contribution in [2.24, 2.45) is 5.92 Å². The highest BCUT2D eigenvalue weighted by atomic mass is 79.9. The molecular weight excluding hydrogens is 304 g/mol. The standard InChI is InChI=1S/C12H14BrClN2O/c1-15-10-5-9(13)2-3-11(10)16-7-8(6-14)4-12(16)17/h2-3,5,8,15H,4,6-7H2,1H3. The van der Waals surface area contributed by atoms with E-state index in [1.807, 2.05) is 30.1 Å². The van der Waals surface area contributed by atoms with Gasteiger partial charge in [0.2, 0.25) is 5.91 Å². The Morgan fingerprint density at radius 3 is 2.94 bits per heavy atom. The first-order valence-corrected chi connectivity index (χ1v) is 6.82.